The lowest BCUT2D eigenvalue weighted by atomic mass is 9.83. The number of nitrogens with one attached hydrogen (secondary N) is 3. The lowest BCUT2D eigenvalue weighted by Gasteiger charge is -2.28. The molecule has 1 aliphatic carbocycles. The summed E-state index contributed by atoms with van der Waals surface area (Å²) in [4.78, 5) is 19.0. The number of carbonyl (C=O) groups excluding carboxylic acids is 1. The number of nitrogens with zero attached hydrogens (tertiary/aromatic N) is 2. The average Bonchev–Trinajstić information content (AvgIpc) is 3.28. The molecule has 0 atom stereocenters. The van der Waals surface area contributed by atoms with Gasteiger partial charge in [-0.05, 0) is 42.4 Å². The van der Waals surface area contributed by atoms with Crippen molar-refractivity contribution in [2.45, 2.75) is 52.0 Å². The van der Waals surface area contributed by atoms with Crippen LogP contribution in [0.15, 0.2) is 29.3 Å². The molecule has 0 aromatic heterocycles. The zero-order valence-electron chi connectivity index (χ0n) is 19.6. The van der Waals surface area contributed by atoms with Crippen LogP contribution in [-0.4, -0.2) is 63.2 Å². The Labute approximate surface area is 210 Å². The molecule has 3 N–H and O–H groups in total. The van der Waals surface area contributed by atoms with Gasteiger partial charge in [0.15, 0.2) is 5.96 Å². The summed E-state index contributed by atoms with van der Waals surface area (Å²) >= 11 is 0. The van der Waals surface area contributed by atoms with E-state index in [1.54, 1.807) is 0 Å². The number of amides is 1. The molecular formula is C24H40IN5O2. The van der Waals surface area contributed by atoms with Crippen LogP contribution in [-0.2, 0) is 16.1 Å². The highest BCUT2D eigenvalue weighted by Gasteiger charge is 2.31. The Bertz CT molecular complexity index is 731. The topological polar surface area (TPSA) is 78.0 Å². The van der Waals surface area contributed by atoms with Crippen LogP contribution in [0.4, 0.5) is 5.69 Å². The molecule has 2 fully saturated rings. The van der Waals surface area contributed by atoms with Crippen LogP contribution in [0.5, 0.6) is 0 Å². The molecule has 7 nitrogen and oxygen atoms in total. The van der Waals surface area contributed by atoms with E-state index in [-0.39, 0.29) is 29.9 Å². The summed E-state index contributed by atoms with van der Waals surface area (Å²) in [5, 5.41) is 9.96. The SMILES string of the molecule is CCC1(CNC(=NC)NCc2cccc(NC(=O)CCN3CCOCC3)c2)CCCC1.I. The summed E-state index contributed by atoms with van der Waals surface area (Å²) in [5.74, 6) is 0.884. The molecule has 1 heterocycles. The lowest BCUT2D eigenvalue weighted by molar-refractivity contribution is -0.116. The van der Waals surface area contributed by atoms with Crippen LogP contribution in [0.1, 0.15) is 51.0 Å². The number of morpholine rings is 1. The number of guanidine groups is 1. The van der Waals surface area contributed by atoms with Crippen molar-refractivity contribution in [2.75, 3.05) is 51.8 Å². The maximum Gasteiger partial charge on any atom is 0.225 e. The van der Waals surface area contributed by atoms with Gasteiger partial charge in [0.25, 0.3) is 0 Å². The van der Waals surface area contributed by atoms with Gasteiger partial charge in [0, 0.05) is 51.9 Å². The van der Waals surface area contributed by atoms with E-state index in [2.05, 4.69) is 38.8 Å². The first-order valence-electron chi connectivity index (χ1n) is 11.8. The van der Waals surface area contributed by atoms with E-state index in [0.717, 1.165) is 56.6 Å². The lowest BCUT2D eigenvalue weighted by Crippen LogP contribution is -2.42. The summed E-state index contributed by atoms with van der Waals surface area (Å²) in [6, 6.07) is 8.01. The number of rotatable bonds is 9. The van der Waals surface area contributed by atoms with Gasteiger partial charge in [0.1, 0.15) is 0 Å². The number of hydrogen-bond donors (Lipinski definition) is 3. The fourth-order valence-corrected chi connectivity index (χ4v) is 4.52. The number of hydrogen-bond acceptors (Lipinski definition) is 4. The van der Waals surface area contributed by atoms with Crippen LogP contribution in [0.25, 0.3) is 0 Å². The van der Waals surface area contributed by atoms with Gasteiger partial charge in [-0.25, -0.2) is 0 Å². The van der Waals surface area contributed by atoms with E-state index in [1.807, 2.05) is 25.2 Å². The first-order valence-corrected chi connectivity index (χ1v) is 11.8. The van der Waals surface area contributed by atoms with Gasteiger partial charge in [0.05, 0.1) is 13.2 Å². The Balaban J connectivity index is 0.00000363. The molecule has 0 unspecified atom stereocenters. The number of benzene rings is 1. The number of anilines is 1. The highest BCUT2D eigenvalue weighted by atomic mass is 127. The predicted octanol–water partition coefficient (Wildman–Crippen LogP) is 3.60. The maximum absolute atomic E-state index is 12.3. The first kappa shape index (κ1) is 26.9. The van der Waals surface area contributed by atoms with Crippen molar-refractivity contribution in [1.82, 2.24) is 15.5 Å². The quantitative estimate of drug-likeness (QED) is 0.246. The number of aliphatic imine (C=N–C) groups is 1. The molecule has 1 amide bonds. The summed E-state index contributed by atoms with van der Waals surface area (Å²) in [6.45, 7) is 8.04. The van der Waals surface area contributed by atoms with Crippen molar-refractivity contribution in [2.24, 2.45) is 10.4 Å². The maximum atomic E-state index is 12.3. The summed E-state index contributed by atoms with van der Waals surface area (Å²) in [7, 11) is 1.81. The van der Waals surface area contributed by atoms with Crippen molar-refractivity contribution in [3.8, 4) is 0 Å². The molecule has 0 spiro atoms. The molecule has 2 aliphatic rings. The highest BCUT2D eigenvalue weighted by Crippen LogP contribution is 2.40. The highest BCUT2D eigenvalue weighted by molar-refractivity contribution is 14.0. The number of halogens is 1. The van der Waals surface area contributed by atoms with Gasteiger partial charge >= 0.3 is 0 Å². The number of carbonyl (C=O) groups is 1. The Morgan fingerprint density at radius 2 is 1.94 bits per heavy atom. The normalized spacial score (nSPS) is 18.6. The third-order valence-electron chi connectivity index (χ3n) is 6.70. The Morgan fingerprint density at radius 3 is 2.62 bits per heavy atom. The molecule has 1 aromatic carbocycles. The van der Waals surface area contributed by atoms with Crippen LogP contribution in [0, 0.1) is 5.41 Å². The van der Waals surface area contributed by atoms with Crippen LogP contribution >= 0.6 is 24.0 Å². The van der Waals surface area contributed by atoms with E-state index in [0.29, 0.717) is 18.4 Å². The van der Waals surface area contributed by atoms with Gasteiger partial charge in [-0.2, -0.15) is 0 Å². The van der Waals surface area contributed by atoms with Gasteiger partial charge < -0.3 is 20.7 Å². The molecule has 8 heteroatoms. The summed E-state index contributed by atoms with van der Waals surface area (Å²) < 4.78 is 5.35. The zero-order chi connectivity index (χ0) is 21.9. The van der Waals surface area contributed by atoms with Crippen molar-refractivity contribution in [3.63, 3.8) is 0 Å². The Morgan fingerprint density at radius 1 is 1.19 bits per heavy atom. The molecule has 180 valence electrons. The molecule has 1 saturated carbocycles. The van der Waals surface area contributed by atoms with Crippen LogP contribution in [0.3, 0.4) is 0 Å². The molecule has 3 rings (SSSR count). The second-order valence-corrected chi connectivity index (χ2v) is 8.79. The van der Waals surface area contributed by atoms with Gasteiger partial charge in [-0.15, -0.1) is 24.0 Å². The second kappa shape index (κ2) is 14.0. The van der Waals surface area contributed by atoms with E-state index >= 15 is 0 Å². The zero-order valence-corrected chi connectivity index (χ0v) is 22.0. The van der Waals surface area contributed by atoms with E-state index in [9.17, 15) is 4.79 Å². The molecule has 1 aliphatic heterocycles. The predicted molar refractivity (Wildman–Crippen MR) is 142 cm³/mol. The molecule has 0 radical (unpaired) electrons. The minimum absolute atomic E-state index is 0. The fraction of sp³-hybridized carbons (Fsp3) is 0.667. The van der Waals surface area contributed by atoms with Crippen LogP contribution < -0.4 is 16.0 Å². The number of ether oxygens (including phenoxy) is 1. The molecular weight excluding hydrogens is 517 g/mol. The monoisotopic (exact) mass is 557 g/mol. The fourth-order valence-electron chi connectivity index (χ4n) is 4.52. The van der Waals surface area contributed by atoms with E-state index < -0.39 is 0 Å². The smallest absolute Gasteiger partial charge is 0.225 e. The van der Waals surface area contributed by atoms with E-state index in [1.165, 1.54) is 32.1 Å². The standard InChI is InChI=1S/C24H39N5O2.HI/c1-3-24(10-4-5-11-24)19-27-23(25-2)26-18-20-7-6-8-21(17-20)28-22(30)9-12-29-13-15-31-16-14-29;/h6-8,17H,3-5,9-16,18-19H2,1-2H3,(H,28,30)(H2,25,26,27);1H. The van der Waals surface area contributed by atoms with Gasteiger partial charge in [0.2, 0.25) is 5.91 Å². The Kier molecular flexibility index (Phi) is 11.7. The molecule has 0 bridgehead atoms. The van der Waals surface area contributed by atoms with Gasteiger partial charge in [-0.3, -0.25) is 14.7 Å². The first-order chi connectivity index (χ1) is 15.1. The second-order valence-electron chi connectivity index (χ2n) is 8.79. The molecule has 1 saturated heterocycles. The minimum atomic E-state index is 0. The Hall–Kier alpha value is -1.39. The van der Waals surface area contributed by atoms with Crippen molar-refractivity contribution in [1.29, 1.82) is 0 Å². The average molecular weight is 558 g/mol. The van der Waals surface area contributed by atoms with E-state index in [4.69, 9.17) is 4.74 Å². The summed E-state index contributed by atoms with van der Waals surface area (Å²) in [6.07, 6.45) is 7.00. The summed E-state index contributed by atoms with van der Waals surface area (Å²) in [5.41, 5.74) is 2.37. The molecule has 32 heavy (non-hydrogen) atoms. The molecule has 1 aromatic rings. The largest absolute Gasteiger partial charge is 0.379 e. The van der Waals surface area contributed by atoms with Crippen molar-refractivity contribution < 1.29 is 9.53 Å². The third-order valence-corrected chi connectivity index (χ3v) is 6.70. The minimum Gasteiger partial charge on any atom is -0.379 e. The third kappa shape index (κ3) is 8.51. The van der Waals surface area contributed by atoms with Crippen LogP contribution in [0.2, 0.25) is 0 Å². The van der Waals surface area contributed by atoms with Crippen molar-refractivity contribution >= 4 is 41.5 Å². The van der Waals surface area contributed by atoms with Crippen molar-refractivity contribution in [3.05, 3.63) is 29.8 Å². The van der Waals surface area contributed by atoms with Gasteiger partial charge in [-0.1, -0.05) is 31.9 Å².